The second-order valence-corrected chi connectivity index (χ2v) is 9.93. The van der Waals surface area contributed by atoms with Crippen molar-refractivity contribution in [2.24, 2.45) is 0 Å². The number of rotatable bonds is 5. The molecule has 0 aliphatic heterocycles. The van der Waals surface area contributed by atoms with Crippen molar-refractivity contribution < 1.29 is 39.5 Å². The van der Waals surface area contributed by atoms with Crippen LogP contribution in [0.1, 0.15) is 12.5 Å². The van der Waals surface area contributed by atoms with Gasteiger partial charge in [0.2, 0.25) is 0 Å². The van der Waals surface area contributed by atoms with Crippen LogP contribution in [0.25, 0.3) is 27.7 Å². The van der Waals surface area contributed by atoms with Crippen molar-refractivity contribution in [2.75, 3.05) is 5.75 Å². The number of fused-ring (bicyclic) bond motifs is 1. The Morgan fingerprint density at radius 2 is 1.68 bits per heavy atom. The third-order valence-corrected chi connectivity index (χ3v) is 7.00. The van der Waals surface area contributed by atoms with Crippen molar-refractivity contribution in [3.05, 3.63) is 76.8 Å². The summed E-state index contributed by atoms with van der Waals surface area (Å²) in [7, 11) is -4.10. The second kappa shape index (κ2) is 9.18. The molecule has 4 aromatic rings. The third-order valence-electron chi connectivity index (χ3n) is 5.27. The van der Waals surface area contributed by atoms with Crippen LogP contribution in [0.5, 0.6) is 5.75 Å². The number of nitrogens with zero attached hydrogens (tertiary/aromatic N) is 3. The fraction of sp³-hybridized carbons (Fsp3) is 0.174. The molecular weight excluding hydrogens is 528 g/mol. The van der Waals surface area contributed by atoms with Crippen molar-refractivity contribution in [1.82, 2.24) is 14.8 Å². The molecule has 0 radical (unpaired) electrons. The maximum absolute atomic E-state index is 13.2. The summed E-state index contributed by atoms with van der Waals surface area (Å²) in [4.78, 5) is 16.6. The number of benzene rings is 2. The molecule has 0 unspecified atom stereocenters. The van der Waals surface area contributed by atoms with Crippen LogP contribution in [-0.4, -0.2) is 35.3 Å². The van der Waals surface area contributed by atoms with Crippen LogP contribution in [0, 0.1) is 0 Å². The minimum absolute atomic E-state index is 0.0802. The molecule has 0 aliphatic carbocycles. The van der Waals surface area contributed by atoms with E-state index in [1.807, 2.05) is 0 Å². The lowest BCUT2D eigenvalue weighted by molar-refractivity contribution is -0.274. The zero-order valence-electron chi connectivity index (χ0n) is 18.6. The molecule has 194 valence electrons. The fourth-order valence-electron chi connectivity index (χ4n) is 3.48. The van der Waals surface area contributed by atoms with Crippen LogP contribution in [0.3, 0.4) is 0 Å². The molecule has 0 saturated heterocycles. The number of ether oxygens (including phenoxy) is 1. The molecule has 0 spiro atoms. The SMILES string of the molecule is CCS(=O)(=O)c1cc(-c2cccc(OC(F)(F)F)c2)cnc1-n1ncc2ccc(C(F)(F)F)cc2c1=O. The van der Waals surface area contributed by atoms with E-state index in [4.69, 9.17) is 0 Å². The summed E-state index contributed by atoms with van der Waals surface area (Å²) in [5, 5.41) is 3.61. The Morgan fingerprint density at radius 1 is 0.946 bits per heavy atom. The van der Waals surface area contributed by atoms with E-state index in [1.54, 1.807) is 0 Å². The second-order valence-electron chi connectivity index (χ2n) is 7.69. The average Bonchev–Trinajstić information content (AvgIpc) is 2.82. The van der Waals surface area contributed by atoms with Crippen LogP contribution in [0.15, 0.2) is 70.6 Å². The van der Waals surface area contributed by atoms with Gasteiger partial charge in [-0.05, 0) is 35.9 Å². The lowest BCUT2D eigenvalue weighted by Crippen LogP contribution is -2.25. The van der Waals surface area contributed by atoms with Crippen molar-refractivity contribution in [1.29, 1.82) is 0 Å². The molecular formula is C23H15F6N3O4S. The highest BCUT2D eigenvalue weighted by atomic mass is 32.2. The summed E-state index contributed by atoms with van der Waals surface area (Å²) >= 11 is 0. The van der Waals surface area contributed by atoms with Gasteiger partial charge in [0.25, 0.3) is 5.56 Å². The van der Waals surface area contributed by atoms with Gasteiger partial charge in [0.05, 0.1) is 22.9 Å². The molecule has 2 aromatic carbocycles. The summed E-state index contributed by atoms with van der Waals surface area (Å²) < 4.78 is 108. The molecule has 0 aliphatic rings. The van der Waals surface area contributed by atoms with Crippen molar-refractivity contribution in [2.45, 2.75) is 24.4 Å². The number of sulfone groups is 1. The van der Waals surface area contributed by atoms with Gasteiger partial charge in [-0.25, -0.2) is 13.4 Å². The smallest absolute Gasteiger partial charge is 0.406 e. The van der Waals surface area contributed by atoms with Gasteiger partial charge in [-0.3, -0.25) is 4.79 Å². The molecule has 0 bridgehead atoms. The standard InChI is InChI=1S/C23H15F6N3O4S/c1-2-37(34,35)19-9-15(13-4-3-5-17(8-13)36-23(27,28)29)11-30-20(19)32-21(33)18-10-16(22(24,25)26)7-6-14(18)12-31-32/h3-12H,2H2,1H3. The highest BCUT2D eigenvalue weighted by molar-refractivity contribution is 7.91. The number of halogens is 6. The first-order valence-corrected chi connectivity index (χ1v) is 12.0. The van der Waals surface area contributed by atoms with Gasteiger partial charge in [0.15, 0.2) is 15.7 Å². The summed E-state index contributed by atoms with van der Waals surface area (Å²) in [6, 6.07) is 8.29. The van der Waals surface area contributed by atoms with E-state index in [0.717, 1.165) is 42.7 Å². The molecule has 2 heterocycles. The highest BCUT2D eigenvalue weighted by Gasteiger charge is 2.32. The zero-order valence-corrected chi connectivity index (χ0v) is 19.4. The van der Waals surface area contributed by atoms with E-state index in [1.165, 1.54) is 19.1 Å². The topological polar surface area (TPSA) is 91.2 Å². The van der Waals surface area contributed by atoms with Gasteiger partial charge in [-0.15, -0.1) is 13.2 Å². The van der Waals surface area contributed by atoms with E-state index >= 15 is 0 Å². The van der Waals surface area contributed by atoms with E-state index < -0.39 is 55.7 Å². The molecule has 0 fully saturated rings. The Labute approximate surface area is 204 Å². The lowest BCUT2D eigenvalue weighted by Gasteiger charge is -2.14. The van der Waals surface area contributed by atoms with Gasteiger partial charge >= 0.3 is 12.5 Å². The van der Waals surface area contributed by atoms with Crippen LogP contribution < -0.4 is 10.3 Å². The van der Waals surface area contributed by atoms with E-state index in [0.29, 0.717) is 10.7 Å². The van der Waals surface area contributed by atoms with Crippen molar-refractivity contribution in [3.63, 3.8) is 0 Å². The quantitative estimate of drug-likeness (QED) is 0.323. The molecule has 0 amide bonds. The number of pyridine rings is 1. The maximum Gasteiger partial charge on any atom is 0.573 e. The van der Waals surface area contributed by atoms with E-state index in [2.05, 4.69) is 14.8 Å². The Bertz CT molecular complexity index is 1660. The minimum Gasteiger partial charge on any atom is -0.406 e. The Morgan fingerprint density at radius 3 is 2.32 bits per heavy atom. The first kappa shape index (κ1) is 26.1. The van der Waals surface area contributed by atoms with Crippen LogP contribution in [-0.2, 0) is 16.0 Å². The molecule has 4 rings (SSSR count). The van der Waals surface area contributed by atoms with Gasteiger partial charge in [0, 0.05) is 17.1 Å². The van der Waals surface area contributed by atoms with Crippen LogP contribution in [0.4, 0.5) is 26.3 Å². The Kier molecular flexibility index (Phi) is 6.48. The molecule has 2 aromatic heterocycles. The maximum atomic E-state index is 13.2. The minimum atomic E-state index is -4.95. The number of hydrogen-bond donors (Lipinski definition) is 0. The van der Waals surface area contributed by atoms with Gasteiger partial charge in [0.1, 0.15) is 10.6 Å². The van der Waals surface area contributed by atoms with E-state index in [-0.39, 0.29) is 21.9 Å². The predicted octanol–water partition coefficient (Wildman–Crippen LogP) is 5.16. The van der Waals surface area contributed by atoms with Crippen molar-refractivity contribution >= 4 is 20.6 Å². The van der Waals surface area contributed by atoms with Crippen molar-refractivity contribution in [3.8, 4) is 22.7 Å². The highest BCUT2D eigenvalue weighted by Crippen LogP contribution is 2.32. The largest absolute Gasteiger partial charge is 0.573 e. The molecule has 0 saturated carbocycles. The molecule has 0 N–H and O–H groups in total. The normalized spacial score (nSPS) is 12.6. The number of alkyl halides is 6. The van der Waals surface area contributed by atoms with Gasteiger partial charge < -0.3 is 4.74 Å². The first-order chi connectivity index (χ1) is 17.2. The van der Waals surface area contributed by atoms with Gasteiger partial charge in [-0.1, -0.05) is 25.1 Å². The molecule has 7 nitrogen and oxygen atoms in total. The Hall–Kier alpha value is -3.94. The number of hydrogen-bond acceptors (Lipinski definition) is 6. The van der Waals surface area contributed by atoms with E-state index in [9.17, 15) is 39.6 Å². The average molecular weight is 543 g/mol. The lowest BCUT2D eigenvalue weighted by atomic mass is 10.1. The van der Waals surface area contributed by atoms with Gasteiger partial charge in [-0.2, -0.15) is 23.0 Å². The predicted molar refractivity (Wildman–Crippen MR) is 120 cm³/mol. The number of aromatic nitrogens is 3. The first-order valence-electron chi connectivity index (χ1n) is 10.4. The fourth-order valence-corrected chi connectivity index (χ4v) is 4.51. The molecule has 14 heteroatoms. The zero-order chi connectivity index (χ0) is 27.2. The Balaban J connectivity index is 1.91. The molecule has 37 heavy (non-hydrogen) atoms. The molecule has 0 atom stereocenters. The van der Waals surface area contributed by atoms with Crippen LogP contribution >= 0.6 is 0 Å². The summed E-state index contributed by atoms with van der Waals surface area (Å²) in [6.45, 7) is 1.32. The van der Waals surface area contributed by atoms with Crippen LogP contribution in [0.2, 0.25) is 0 Å². The monoisotopic (exact) mass is 543 g/mol. The summed E-state index contributed by atoms with van der Waals surface area (Å²) in [5.41, 5.74) is -1.92. The third kappa shape index (κ3) is 5.43. The summed E-state index contributed by atoms with van der Waals surface area (Å²) in [6.07, 6.45) is -7.49. The summed E-state index contributed by atoms with van der Waals surface area (Å²) in [5.74, 6) is -1.47.